The lowest BCUT2D eigenvalue weighted by Gasteiger charge is -1.74. The standard InChI is InChI=1S/4C4H4O4/c4*5-3(6)1-2-4(7)8/h4*1-2H,(H,5,6)(H,7,8)/b4*2-1+. The molecule has 0 aromatic rings. The molecule has 0 aromatic heterocycles. The zero-order chi connectivity index (χ0) is 26.3. The number of carboxylic acids is 8. The van der Waals surface area contributed by atoms with Gasteiger partial charge in [0, 0.05) is 48.6 Å². The molecule has 16 nitrogen and oxygen atoms in total. The van der Waals surface area contributed by atoms with Gasteiger partial charge in [-0.15, -0.1) is 0 Å². The van der Waals surface area contributed by atoms with E-state index in [1.807, 2.05) is 0 Å². The van der Waals surface area contributed by atoms with E-state index in [1.165, 1.54) is 0 Å². The van der Waals surface area contributed by atoms with Crippen LogP contribution in [0.5, 0.6) is 0 Å². The molecule has 0 atom stereocenters. The van der Waals surface area contributed by atoms with Gasteiger partial charge in [-0.2, -0.15) is 0 Å². The molecule has 16 heteroatoms. The summed E-state index contributed by atoms with van der Waals surface area (Å²) in [7, 11) is 0. The van der Waals surface area contributed by atoms with Gasteiger partial charge in [0.2, 0.25) is 0 Å². The molecule has 0 saturated heterocycles. The Kier molecular flexibility index (Phi) is 23.6. The Bertz CT molecular complexity index is 612. The highest BCUT2D eigenvalue weighted by molar-refractivity contribution is 5.91. The fourth-order valence-electron chi connectivity index (χ4n) is 0.570. The van der Waals surface area contributed by atoms with Gasteiger partial charge < -0.3 is 40.9 Å². The lowest BCUT2D eigenvalue weighted by molar-refractivity contribution is -0.134. The number of carbonyl (C=O) groups is 8. The van der Waals surface area contributed by atoms with Gasteiger partial charge in [0.15, 0.2) is 0 Å². The monoisotopic (exact) mass is 464 g/mol. The van der Waals surface area contributed by atoms with E-state index in [1.54, 1.807) is 0 Å². The van der Waals surface area contributed by atoms with E-state index in [0.717, 1.165) is 0 Å². The van der Waals surface area contributed by atoms with Crippen LogP contribution in [0.4, 0.5) is 0 Å². The van der Waals surface area contributed by atoms with Gasteiger partial charge in [-0.05, 0) is 0 Å². The Balaban J connectivity index is -0.000000163. The molecule has 0 fully saturated rings. The molecule has 0 aromatic carbocycles. The Morgan fingerprint density at radius 3 is 0.344 bits per heavy atom. The molecule has 0 amide bonds. The molecule has 0 heterocycles. The molecule has 8 N–H and O–H groups in total. The summed E-state index contributed by atoms with van der Waals surface area (Å²) in [6.45, 7) is 0. The minimum Gasteiger partial charge on any atom is -0.478 e. The Morgan fingerprint density at radius 2 is 0.312 bits per heavy atom. The van der Waals surface area contributed by atoms with Gasteiger partial charge >= 0.3 is 47.8 Å². The van der Waals surface area contributed by atoms with Crippen molar-refractivity contribution in [2.45, 2.75) is 0 Å². The number of hydrogen-bond donors (Lipinski definition) is 8. The van der Waals surface area contributed by atoms with Crippen LogP contribution in [0.2, 0.25) is 0 Å². The quantitative estimate of drug-likeness (QED) is 0.196. The first kappa shape index (κ1) is 34.2. The van der Waals surface area contributed by atoms with Crippen molar-refractivity contribution in [2.24, 2.45) is 0 Å². The van der Waals surface area contributed by atoms with E-state index in [4.69, 9.17) is 40.9 Å². The lowest BCUT2D eigenvalue weighted by Crippen LogP contribution is -1.91. The first-order chi connectivity index (χ1) is 14.5. The molecule has 0 radical (unpaired) electrons. The topological polar surface area (TPSA) is 298 Å². The minimum absolute atomic E-state index is 0.558. The molecular weight excluding hydrogens is 448 g/mol. The summed E-state index contributed by atoms with van der Waals surface area (Å²) in [6, 6.07) is 0. The van der Waals surface area contributed by atoms with E-state index in [2.05, 4.69) is 0 Å². The highest BCUT2D eigenvalue weighted by Gasteiger charge is 1.90. The number of rotatable bonds is 8. The van der Waals surface area contributed by atoms with E-state index >= 15 is 0 Å². The van der Waals surface area contributed by atoms with Crippen molar-refractivity contribution in [1.82, 2.24) is 0 Å². The first-order valence-corrected chi connectivity index (χ1v) is 7.06. The molecule has 0 aliphatic rings. The van der Waals surface area contributed by atoms with Gasteiger partial charge in [0.1, 0.15) is 0 Å². The second-order valence-corrected chi connectivity index (χ2v) is 4.04. The summed E-state index contributed by atoms with van der Waals surface area (Å²) in [5.41, 5.74) is 0. The van der Waals surface area contributed by atoms with Crippen LogP contribution in [0.3, 0.4) is 0 Å². The summed E-state index contributed by atoms with van der Waals surface area (Å²) in [5, 5.41) is 62.5. The smallest absolute Gasteiger partial charge is 0.328 e. The van der Waals surface area contributed by atoms with Crippen LogP contribution in [0.25, 0.3) is 0 Å². The summed E-state index contributed by atoms with van der Waals surface area (Å²) < 4.78 is 0. The van der Waals surface area contributed by atoms with E-state index in [-0.39, 0.29) is 0 Å². The molecule has 0 spiro atoms. The zero-order valence-corrected chi connectivity index (χ0v) is 15.5. The molecule has 32 heavy (non-hydrogen) atoms. The van der Waals surface area contributed by atoms with Crippen molar-refractivity contribution in [2.75, 3.05) is 0 Å². The van der Waals surface area contributed by atoms with Crippen molar-refractivity contribution < 1.29 is 79.2 Å². The maximum absolute atomic E-state index is 9.55. The third-order valence-corrected chi connectivity index (χ3v) is 1.47. The van der Waals surface area contributed by atoms with Crippen molar-refractivity contribution in [3.8, 4) is 0 Å². The third kappa shape index (κ3) is 64.2. The maximum Gasteiger partial charge on any atom is 0.328 e. The summed E-state index contributed by atoms with van der Waals surface area (Å²) in [4.78, 5) is 76.4. The lowest BCUT2D eigenvalue weighted by atomic mass is 10.5. The largest absolute Gasteiger partial charge is 0.478 e. The summed E-state index contributed by atoms with van der Waals surface area (Å²) in [6.07, 6.45) is 4.46. The molecule has 0 rings (SSSR count). The van der Waals surface area contributed by atoms with E-state index in [0.29, 0.717) is 48.6 Å². The highest BCUT2D eigenvalue weighted by atomic mass is 16.4. The van der Waals surface area contributed by atoms with Crippen LogP contribution in [-0.2, 0) is 38.4 Å². The number of aliphatic carboxylic acids is 8. The van der Waals surface area contributed by atoms with Gasteiger partial charge in [-0.1, -0.05) is 0 Å². The summed E-state index contributed by atoms with van der Waals surface area (Å²) in [5.74, 6) is -10.1. The number of hydrogen-bond acceptors (Lipinski definition) is 8. The molecule has 176 valence electrons. The second kappa shape index (κ2) is 22.0. The summed E-state index contributed by atoms with van der Waals surface area (Å²) >= 11 is 0. The normalized spacial score (nSPS) is 9.50. The third-order valence-electron chi connectivity index (χ3n) is 1.47. The molecular formula is C16H16O16. The van der Waals surface area contributed by atoms with Crippen molar-refractivity contribution in [3.05, 3.63) is 48.6 Å². The molecule has 0 unspecified atom stereocenters. The van der Waals surface area contributed by atoms with Gasteiger partial charge in [-0.3, -0.25) is 0 Å². The zero-order valence-electron chi connectivity index (χ0n) is 15.5. The van der Waals surface area contributed by atoms with Gasteiger partial charge in [-0.25, -0.2) is 38.4 Å². The van der Waals surface area contributed by atoms with Gasteiger partial charge in [0.25, 0.3) is 0 Å². The molecule has 0 aliphatic carbocycles. The van der Waals surface area contributed by atoms with Crippen LogP contribution in [0, 0.1) is 0 Å². The van der Waals surface area contributed by atoms with Gasteiger partial charge in [0.05, 0.1) is 0 Å². The van der Waals surface area contributed by atoms with E-state index < -0.39 is 47.8 Å². The molecule has 0 bridgehead atoms. The average Bonchev–Trinajstić information content (AvgIpc) is 2.63. The van der Waals surface area contributed by atoms with Crippen molar-refractivity contribution in [3.63, 3.8) is 0 Å². The SMILES string of the molecule is O=C(O)/C=C/C(=O)O.O=C(O)/C=C/C(=O)O.O=C(O)/C=C/C(=O)O.O=C(O)/C=C/C(=O)O. The fourth-order valence-corrected chi connectivity index (χ4v) is 0.570. The Labute approximate surface area is 176 Å². The average molecular weight is 464 g/mol. The minimum atomic E-state index is -1.26. The molecule has 0 aliphatic heterocycles. The maximum atomic E-state index is 9.55. The van der Waals surface area contributed by atoms with E-state index in [9.17, 15) is 38.4 Å². The molecule has 0 saturated carbocycles. The highest BCUT2D eigenvalue weighted by Crippen LogP contribution is 1.72. The van der Waals surface area contributed by atoms with Crippen LogP contribution < -0.4 is 0 Å². The van der Waals surface area contributed by atoms with Crippen LogP contribution in [-0.4, -0.2) is 88.6 Å². The van der Waals surface area contributed by atoms with Crippen molar-refractivity contribution >= 4 is 47.8 Å². The predicted molar refractivity (Wildman–Crippen MR) is 97.6 cm³/mol. The van der Waals surface area contributed by atoms with Crippen molar-refractivity contribution in [1.29, 1.82) is 0 Å². The predicted octanol–water partition coefficient (Wildman–Crippen LogP) is -1.15. The fraction of sp³-hybridized carbons (Fsp3) is 0. The number of carboxylic acid groups (broad SMARTS) is 8. The first-order valence-electron chi connectivity index (χ1n) is 7.06. The Morgan fingerprint density at radius 1 is 0.250 bits per heavy atom. The van der Waals surface area contributed by atoms with Crippen LogP contribution in [0.1, 0.15) is 0 Å². The Hall–Kier alpha value is -5.28. The van der Waals surface area contributed by atoms with Crippen LogP contribution in [0.15, 0.2) is 48.6 Å². The second-order valence-electron chi connectivity index (χ2n) is 4.04. The van der Waals surface area contributed by atoms with Crippen LogP contribution >= 0.6 is 0 Å².